The molecule has 2 aromatic rings. The second-order valence-electron chi connectivity index (χ2n) is 3.94. The van der Waals surface area contributed by atoms with Crippen LogP contribution in [0.3, 0.4) is 0 Å². The molecule has 0 spiro atoms. The highest BCUT2D eigenvalue weighted by Gasteiger charge is 2.10. The number of nitrogens with two attached hydrogens (primary N) is 1. The molecule has 0 radical (unpaired) electrons. The van der Waals surface area contributed by atoms with Gasteiger partial charge in [0.1, 0.15) is 0 Å². The van der Waals surface area contributed by atoms with Gasteiger partial charge >= 0.3 is 0 Å². The molecule has 1 nitrogen and oxygen atoms in total. The number of hydrogen-bond acceptors (Lipinski definition) is 2. The topological polar surface area (TPSA) is 26.0 Å². The third-order valence-electron chi connectivity index (χ3n) is 2.78. The number of rotatable bonds is 4. The third-order valence-corrected chi connectivity index (χ3v) is 3.76. The van der Waals surface area contributed by atoms with Crippen LogP contribution in [0.25, 0.3) is 10.1 Å². The first kappa shape index (κ1) is 10.7. The molecule has 2 N–H and O–H groups in total. The minimum absolute atomic E-state index is 0.209. The average molecular weight is 219 g/mol. The summed E-state index contributed by atoms with van der Waals surface area (Å²) >= 11 is 1.80. The van der Waals surface area contributed by atoms with Gasteiger partial charge in [-0.2, -0.15) is 0 Å². The molecule has 1 aromatic heterocycles. The van der Waals surface area contributed by atoms with E-state index in [0.29, 0.717) is 0 Å². The van der Waals surface area contributed by atoms with Crippen LogP contribution in [0.4, 0.5) is 0 Å². The first-order valence-corrected chi connectivity index (χ1v) is 6.42. The predicted octanol–water partition coefficient (Wildman–Crippen LogP) is 4.09. The Labute approximate surface area is 94.9 Å². The van der Waals surface area contributed by atoms with Gasteiger partial charge in [-0.05, 0) is 28.8 Å². The first-order valence-electron chi connectivity index (χ1n) is 5.54. The van der Waals surface area contributed by atoms with E-state index in [1.165, 1.54) is 28.5 Å². The predicted molar refractivity (Wildman–Crippen MR) is 68.3 cm³/mol. The Balaban J connectivity index is 2.27. The summed E-state index contributed by atoms with van der Waals surface area (Å²) in [6.45, 7) is 2.21. The van der Waals surface area contributed by atoms with Crippen LogP contribution < -0.4 is 5.73 Å². The Morgan fingerprint density at radius 1 is 1.33 bits per heavy atom. The van der Waals surface area contributed by atoms with Gasteiger partial charge in [-0.3, -0.25) is 0 Å². The molecule has 0 saturated heterocycles. The first-order chi connectivity index (χ1) is 7.33. The number of fused-ring (bicyclic) bond motifs is 1. The molecule has 1 aromatic carbocycles. The second-order valence-corrected chi connectivity index (χ2v) is 4.85. The lowest BCUT2D eigenvalue weighted by Gasteiger charge is -2.09. The Bertz CT molecular complexity index is 433. The summed E-state index contributed by atoms with van der Waals surface area (Å²) in [6.07, 6.45) is 3.53. The molecule has 0 fully saturated rings. The van der Waals surface area contributed by atoms with Crippen molar-refractivity contribution in [1.29, 1.82) is 0 Å². The fourth-order valence-electron chi connectivity index (χ4n) is 1.87. The van der Waals surface area contributed by atoms with Crippen molar-refractivity contribution in [2.24, 2.45) is 5.73 Å². The van der Waals surface area contributed by atoms with Crippen molar-refractivity contribution in [1.82, 2.24) is 0 Å². The van der Waals surface area contributed by atoms with Gasteiger partial charge in [-0.25, -0.2) is 0 Å². The standard InChI is InChI=1S/C13H17NS/c1-2-3-7-12(14)11-9-15-13-8-5-4-6-10(11)13/h4-6,8-9,12H,2-3,7,14H2,1H3/t12-/m0/s1. The van der Waals surface area contributed by atoms with Crippen molar-refractivity contribution in [2.75, 3.05) is 0 Å². The molecule has 1 heterocycles. The minimum atomic E-state index is 0.209. The number of hydrogen-bond donors (Lipinski definition) is 1. The molecule has 2 rings (SSSR count). The van der Waals surface area contributed by atoms with Crippen molar-refractivity contribution in [2.45, 2.75) is 32.2 Å². The fraction of sp³-hybridized carbons (Fsp3) is 0.385. The van der Waals surface area contributed by atoms with Gasteiger partial charge in [0, 0.05) is 10.7 Å². The molecule has 80 valence electrons. The van der Waals surface area contributed by atoms with Gasteiger partial charge in [0.25, 0.3) is 0 Å². The van der Waals surface area contributed by atoms with E-state index in [1.54, 1.807) is 11.3 Å². The minimum Gasteiger partial charge on any atom is -0.324 e. The Morgan fingerprint density at radius 2 is 2.13 bits per heavy atom. The summed E-state index contributed by atoms with van der Waals surface area (Å²) in [4.78, 5) is 0. The van der Waals surface area contributed by atoms with Crippen molar-refractivity contribution < 1.29 is 0 Å². The monoisotopic (exact) mass is 219 g/mol. The van der Waals surface area contributed by atoms with Crippen LogP contribution in [0.5, 0.6) is 0 Å². The van der Waals surface area contributed by atoms with Crippen molar-refractivity contribution in [3.63, 3.8) is 0 Å². The molecular weight excluding hydrogens is 202 g/mol. The number of thiophene rings is 1. The molecule has 0 unspecified atom stereocenters. The highest BCUT2D eigenvalue weighted by atomic mass is 32.1. The lowest BCUT2D eigenvalue weighted by atomic mass is 10.0. The number of unbranched alkanes of at least 4 members (excludes halogenated alkanes) is 1. The normalized spacial score (nSPS) is 13.2. The summed E-state index contributed by atoms with van der Waals surface area (Å²) in [6, 6.07) is 8.72. The van der Waals surface area contributed by atoms with E-state index in [2.05, 4.69) is 36.6 Å². The zero-order valence-corrected chi connectivity index (χ0v) is 9.89. The molecule has 1 atom stereocenters. The molecule has 15 heavy (non-hydrogen) atoms. The third kappa shape index (κ3) is 2.21. The van der Waals surface area contributed by atoms with Crippen LogP contribution in [0.1, 0.15) is 37.8 Å². The van der Waals surface area contributed by atoms with Crippen molar-refractivity contribution >= 4 is 21.4 Å². The maximum atomic E-state index is 6.20. The van der Waals surface area contributed by atoms with Crippen LogP contribution in [0.15, 0.2) is 29.6 Å². The molecule has 0 bridgehead atoms. The van der Waals surface area contributed by atoms with Gasteiger partial charge < -0.3 is 5.73 Å². The zero-order chi connectivity index (χ0) is 10.7. The average Bonchev–Trinajstić information content (AvgIpc) is 2.69. The number of benzene rings is 1. The Morgan fingerprint density at radius 3 is 2.93 bits per heavy atom. The molecule has 0 saturated carbocycles. The lowest BCUT2D eigenvalue weighted by Crippen LogP contribution is -2.09. The maximum absolute atomic E-state index is 6.20. The summed E-state index contributed by atoms with van der Waals surface area (Å²) in [5.74, 6) is 0. The van der Waals surface area contributed by atoms with Gasteiger partial charge in [0.2, 0.25) is 0 Å². The van der Waals surface area contributed by atoms with Crippen molar-refractivity contribution in [3.05, 3.63) is 35.2 Å². The summed E-state index contributed by atoms with van der Waals surface area (Å²) in [7, 11) is 0. The van der Waals surface area contributed by atoms with E-state index >= 15 is 0 Å². The summed E-state index contributed by atoms with van der Waals surface area (Å²) in [5.41, 5.74) is 7.52. The zero-order valence-electron chi connectivity index (χ0n) is 9.07. The highest BCUT2D eigenvalue weighted by Crippen LogP contribution is 2.30. The lowest BCUT2D eigenvalue weighted by molar-refractivity contribution is 0.608. The van der Waals surface area contributed by atoms with E-state index in [-0.39, 0.29) is 6.04 Å². The van der Waals surface area contributed by atoms with Crippen LogP contribution in [0.2, 0.25) is 0 Å². The molecular formula is C13H17NS. The molecule has 0 amide bonds. The van der Waals surface area contributed by atoms with E-state index in [4.69, 9.17) is 5.73 Å². The SMILES string of the molecule is CCCC[C@H](N)c1csc2ccccc12. The van der Waals surface area contributed by atoms with Crippen LogP contribution in [0, 0.1) is 0 Å². The van der Waals surface area contributed by atoms with Gasteiger partial charge in [0.05, 0.1) is 0 Å². The highest BCUT2D eigenvalue weighted by molar-refractivity contribution is 7.17. The van der Waals surface area contributed by atoms with Crippen LogP contribution >= 0.6 is 11.3 Å². The van der Waals surface area contributed by atoms with Gasteiger partial charge in [-0.1, -0.05) is 38.0 Å². The molecule has 0 aliphatic rings. The van der Waals surface area contributed by atoms with Gasteiger partial charge in [0.15, 0.2) is 0 Å². The maximum Gasteiger partial charge on any atom is 0.0346 e. The quantitative estimate of drug-likeness (QED) is 0.823. The van der Waals surface area contributed by atoms with Gasteiger partial charge in [-0.15, -0.1) is 11.3 Å². The molecule has 2 heteroatoms. The summed E-state index contributed by atoms with van der Waals surface area (Å²) < 4.78 is 1.35. The largest absolute Gasteiger partial charge is 0.324 e. The smallest absolute Gasteiger partial charge is 0.0346 e. The van der Waals surface area contributed by atoms with Crippen LogP contribution in [-0.2, 0) is 0 Å². The summed E-state index contributed by atoms with van der Waals surface area (Å²) in [5, 5.41) is 3.55. The Kier molecular flexibility index (Phi) is 3.39. The molecule has 0 aliphatic heterocycles. The van der Waals surface area contributed by atoms with E-state index < -0.39 is 0 Å². The van der Waals surface area contributed by atoms with E-state index in [0.717, 1.165) is 6.42 Å². The van der Waals surface area contributed by atoms with E-state index in [9.17, 15) is 0 Å². The Hall–Kier alpha value is -0.860. The van der Waals surface area contributed by atoms with Crippen LogP contribution in [-0.4, -0.2) is 0 Å². The fourth-order valence-corrected chi connectivity index (χ4v) is 2.89. The molecule has 0 aliphatic carbocycles. The van der Waals surface area contributed by atoms with Crippen molar-refractivity contribution in [3.8, 4) is 0 Å². The van der Waals surface area contributed by atoms with E-state index in [1.807, 2.05) is 0 Å². The second kappa shape index (κ2) is 4.77.